The van der Waals surface area contributed by atoms with Crippen LogP contribution >= 0.6 is 0 Å². The van der Waals surface area contributed by atoms with Gasteiger partial charge in [-0.2, -0.15) is 13.2 Å². The topological polar surface area (TPSA) is 116 Å². The Morgan fingerprint density at radius 3 is 2.42 bits per heavy atom. The Hall–Kier alpha value is -3.93. The average molecular weight is 458 g/mol. The number of hydrazine groups is 1. The number of fused-ring (bicyclic) bond motifs is 1. The van der Waals surface area contributed by atoms with E-state index in [1.807, 2.05) is 0 Å². The molecule has 5 rings (SSSR count). The van der Waals surface area contributed by atoms with Crippen molar-refractivity contribution in [1.29, 1.82) is 0 Å². The summed E-state index contributed by atoms with van der Waals surface area (Å²) >= 11 is 0. The van der Waals surface area contributed by atoms with E-state index < -0.39 is 30.2 Å². The number of carbonyl (C=O) groups is 1. The van der Waals surface area contributed by atoms with Gasteiger partial charge in [0.25, 0.3) is 17.7 Å². The first kappa shape index (κ1) is 20.9. The Bertz CT molecular complexity index is 1300. The van der Waals surface area contributed by atoms with Crippen LogP contribution in [-0.4, -0.2) is 44.5 Å². The van der Waals surface area contributed by atoms with Gasteiger partial charge >= 0.3 is 6.18 Å². The van der Waals surface area contributed by atoms with Gasteiger partial charge in [-0.25, -0.2) is 10.4 Å². The van der Waals surface area contributed by atoms with E-state index in [0.717, 1.165) is 5.01 Å². The van der Waals surface area contributed by atoms with Gasteiger partial charge < -0.3 is 14.7 Å². The number of rotatable bonds is 3. The minimum Gasteiger partial charge on any atom is -0.414 e. The average Bonchev–Trinajstić information content (AvgIpc) is 3.40. The first-order valence-electron chi connectivity index (χ1n) is 9.96. The minimum absolute atomic E-state index is 0.0392. The summed E-state index contributed by atoms with van der Waals surface area (Å²) in [6.07, 6.45) is -5.59. The fourth-order valence-electron chi connectivity index (χ4n) is 4.15. The summed E-state index contributed by atoms with van der Waals surface area (Å²) in [4.78, 5) is 27.3. The first-order valence-corrected chi connectivity index (χ1v) is 9.96. The molecule has 9 nitrogen and oxygen atoms in total. The number of aromatic amines is 1. The number of aromatic nitrogens is 3. The number of pyridine rings is 1. The molecule has 0 radical (unpaired) electrons. The summed E-state index contributed by atoms with van der Waals surface area (Å²) in [7, 11) is 0. The van der Waals surface area contributed by atoms with Crippen molar-refractivity contribution in [2.24, 2.45) is 0 Å². The zero-order chi connectivity index (χ0) is 23.3. The number of nitrogens with one attached hydrogen (secondary N) is 3. The highest BCUT2D eigenvalue weighted by Crippen LogP contribution is 2.42. The van der Waals surface area contributed by atoms with Crippen LogP contribution in [0.25, 0.3) is 17.2 Å². The van der Waals surface area contributed by atoms with Gasteiger partial charge in [0.2, 0.25) is 5.56 Å². The van der Waals surface area contributed by atoms with E-state index in [4.69, 9.17) is 4.42 Å². The number of halogens is 3. The third kappa shape index (κ3) is 3.57. The monoisotopic (exact) mass is 458 g/mol. The molecule has 1 aromatic carbocycles. The Kier molecular flexibility index (Phi) is 4.81. The van der Waals surface area contributed by atoms with E-state index in [1.165, 1.54) is 18.2 Å². The number of amides is 1. The molecule has 2 aromatic heterocycles. The molecule has 12 heteroatoms. The zero-order valence-corrected chi connectivity index (χ0v) is 17.1. The quantitative estimate of drug-likeness (QED) is 0.551. The number of carbonyl (C=O) groups excluding carboxylic acids is 1. The van der Waals surface area contributed by atoms with Gasteiger partial charge in [0, 0.05) is 11.8 Å². The van der Waals surface area contributed by atoms with Gasteiger partial charge in [-0.05, 0) is 18.6 Å². The number of H-pyrrole nitrogens is 1. The molecule has 2 aliphatic rings. The lowest BCUT2D eigenvalue weighted by Crippen LogP contribution is -2.54. The van der Waals surface area contributed by atoms with Gasteiger partial charge in [-0.15, -0.1) is 10.2 Å². The second kappa shape index (κ2) is 7.59. The molecule has 1 saturated heterocycles. The molecule has 33 heavy (non-hydrogen) atoms. The zero-order valence-electron chi connectivity index (χ0n) is 17.1. The summed E-state index contributed by atoms with van der Waals surface area (Å²) in [6.45, 7) is 1.56. The maximum atomic E-state index is 13.9. The number of allylic oxidation sites excluding steroid dienone is 1. The second-order valence-corrected chi connectivity index (χ2v) is 7.69. The van der Waals surface area contributed by atoms with Crippen LogP contribution in [0.1, 0.15) is 24.3 Å². The molecule has 3 atom stereocenters. The number of hydrogen-bond donors (Lipinski definition) is 3. The van der Waals surface area contributed by atoms with Crippen molar-refractivity contribution < 1.29 is 22.4 Å². The highest BCUT2D eigenvalue weighted by Gasteiger charge is 2.58. The lowest BCUT2D eigenvalue weighted by Gasteiger charge is -2.34. The van der Waals surface area contributed by atoms with Crippen LogP contribution in [0.5, 0.6) is 0 Å². The molecule has 2 aliphatic heterocycles. The van der Waals surface area contributed by atoms with E-state index in [1.54, 1.807) is 37.3 Å². The van der Waals surface area contributed by atoms with Gasteiger partial charge in [0.1, 0.15) is 23.5 Å². The van der Waals surface area contributed by atoms with Gasteiger partial charge in [0.15, 0.2) is 0 Å². The summed E-state index contributed by atoms with van der Waals surface area (Å²) in [5.74, 6) is -2.04. The van der Waals surface area contributed by atoms with Crippen molar-refractivity contribution in [3.63, 3.8) is 0 Å². The highest BCUT2D eigenvalue weighted by molar-refractivity contribution is 6.19. The van der Waals surface area contributed by atoms with Gasteiger partial charge in [-0.3, -0.25) is 9.59 Å². The maximum absolute atomic E-state index is 13.9. The highest BCUT2D eigenvalue weighted by atomic mass is 19.4. The van der Waals surface area contributed by atoms with E-state index in [2.05, 4.69) is 25.9 Å². The van der Waals surface area contributed by atoms with Crippen molar-refractivity contribution >= 4 is 11.5 Å². The fraction of sp³-hybridized carbons (Fsp3) is 0.238. The molecule has 3 aromatic rings. The molecule has 0 spiro atoms. The third-order valence-electron chi connectivity index (χ3n) is 5.60. The first-order chi connectivity index (χ1) is 15.7. The summed E-state index contributed by atoms with van der Waals surface area (Å²) in [6, 6.07) is 10.6. The van der Waals surface area contributed by atoms with E-state index >= 15 is 0 Å². The molecule has 3 N–H and O–H groups in total. The molecule has 0 aliphatic carbocycles. The molecule has 3 unspecified atom stereocenters. The summed E-state index contributed by atoms with van der Waals surface area (Å²) in [5, 5.41) is 11.7. The van der Waals surface area contributed by atoms with E-state index in [-0.39, 0.29) is 28.6 Å². The van der Waals surface area contributed by atoms with Crippen LogP contribution in [0.15, 0.2) is 63.4 Å². The molecule has 0 bridgehead atoms. The van der Waals surface area contributed by atoms with Crippen LogP contribution in [0.2, 0.25) is 0 Å². The lowest BCUT2D eigenvalue weighted by atomic mass is 9.89. The smallest absolute Gasteiger partial charge is 0.406 e. The van der Waals surface area contributed by atoms with E-state index in [0.29, 0.717) is 11.3 Å². The molecule has 4 heterocycles. The van der Waals surface area contributed by atoms with E-state index in [9.17, 15) is 22.8 Å². The standard InChI is InChI=1S/C21H17F3N6O3/c1-10-14(19-28-27-18(33-19)12-8-5-9-13(31)26-12)20(32)30-17(25-10)15(11-6-3-2-4-7-11)16(29-30)21(22,23)24/h2-9,15-17,25,29H,1H3,(H,26,31). The minimum atomic E-state index is -4.61. The molecule has 170 valence electrons. The largest absolute Gasteiger partial charge is 0.414 e. The second-order valence-electron chi connectivity index (χ2n) is 7.69. The summed E-state index contributed by atoms with van der Waals surface area (Å²) < 4.78 is 47.2. The number of alkyl halides is 3. The molecular weight excluding hydrogens is 441 g/mol. The third-order valence-corrected chi connectivity index (χ3v) is 5.60. The Balaban J connectivity index is 1.52. The lowest BCUT2D eigenvalue weighted by molar-refractivity contribution is -0.161. The van der Waals surface area contributed by atoms with Crippen molar-refractivity contribution in [2.45, 2.75) is 31.2 Å². The maximum Gasteiger partial charge on any atom is 0.406 e. The number of nitrogens with zero attached hydrogens (tertiary/aromatic N) is 3. The van der Waals surface area contributed by atoms with Gasteiger partial charge in [-0.1, -0.05) is 36.4 Å². The van der Waals surface area contributed by atoms with Crippen molar-refractivity contribution in [3.05, 3.63) is 76.0 Å². The molecule has 1 amide bonds. The Morgan fingerprint density at radius 1 is 1.00 bits per heavy atom. The van der Waals surface area contributed by atoms with Crippen LogP contribution in [-0.2, 0) is 4.79 Å². The van der Waals surface area contributed by atoms with Crippen molar-refractivity contribution in [1.82, 2.24) is 30.9 Å². The van der Waals surface area contributed by atoms with Crippen LogP contribution < -0.4 is 16.3 Å². The SMILES string of the molecule is CC1=C(c2nnc(-c3cccc(=O)[nH]3)o2)C(=O)N2NC(C(F)(F)F)C(c3ccccc3)C2N1. The number of benzene rings is 1. The van der Waals surface area contributed by atoms with Crippen molar-refractivity contribution in [2.75, 3.05) is 0 Å². The molecular formula is C21H17F3N6O3. The Morgan fingerprint density at radius 2 is 1.73 bits per heavy atom. The summed E-state index contributed by atoms with van der Waals surface area (Å²) in [5.41, 5.74) is 2.85. The molecule has 1 fully saturated rings. The predicted octanol–water partition coefficient (Wildman–Crippen LogP) is 2.15. The fourth-order valence-corrected chi connectivity index (χ4v) is 4.15. The number of hydrogen-bond acceptors (Lipinski definition) is 7. The van der Waals surface area contributed by atoms with Crippen LogP contribution in [0, 0.1) is 0 Å². The molecule has 0 saturated carbocycles. The van der Waals surface area contributed by atoms with Crippen molar-refractivity contribution in [3.8, 4) is 11.6 Å². The van der Waals surface area contributed by atoms with Crippen LogP contribution in [0.4, 0.5) is 13.2 Å². The normalized spacial score (nSPS) is 23.0. The van der Waals surface area contributed by atoms with Crippen LogP contribution in [0.3, 0.4) is 0 Å². The van der Waals surface area contributed by atoms with Gasteiger partial charge in [0.05, 0.1) is 5.92 Å². The predicted molar refractivity (Wildman–Crippen MR) is 109 cm³/mol. The Labute approximate surface area is 184 Å².